The van der Waals surface area contributed by atoms with E-state index >= 15 is 0 Å². The second-order valence-electron chi connectivity index (χ2n) is 5.63. The molecule has 0 unspecified atom stereocenters. The maximum absolute atomic E-state index is 5.81. The molecule has 7 nitrogen and oxygen atoms in total. The Balaban J connectivity index is 3.09. The van der Waals surface area contributed by atoms with Crippen LogP contribution in [0.5, 0.6) is 0 Å². The van der Waals surface area contributed by atoms with E-state index in [1.54, 1.807) is 0 Å². The van der Waals surface area contributed by atoms with Crippen molar-refractivity contribution in [3.05, 3.63) is 11.4 Å². The first kappa shape index (κ1) is 22.0. The van der Waals surface area contributed by atoms with E-state index < -0.39 is 12.6 Å². The molecule has 0 fully saturated rings. The Bertz CT molecular complexity index is 442. The highest BCUT2D eigenvalue weighted by Crippen LogP contribution is 2.29. The number of rotatable bonds is 15. The van der Waals surface area contributed by atoms with Gasteiger partial charge in [-0.3, -0.25) is 0 Å². The van der Waals surface area contributed by atoms with Crippen LogP contribution < -0.4 is 0 Å². The van der Waals surface area contributed by atoms with Crippen LogP contribution in [0.2, 0.25) is 0 Å². The molecule has 1 rings (SSSR count). The topological polar surface area (TPSA) is 67.6 Å². The Labute approximate surface area is 152 Å². The molecule has 0 aromatic carbocycles. The number of nitrogens with zero attached hydrogens (tertiary/aromatic N) is 3. The maximum Gasteiger partial charge on any atom is 0.205 e. The quantitative estimate of drug-likeness (QED) is 0.349. The second-order valence-corrected chi connectivity index (χ2v) is 5.63. The highest BCUT2D eigenvalue weighted by molar-refractivity contribution is 5.14. The van der Waals surface area contributed by atoms with Crippen LogP contribution in [-0.2, 0) is 25.5 Å². The van der Waals surface area contributed by atoms with Gasteiger partial charge in [0.05, 0.1) is 0 Å². The molecular formula is C18H35N3O4. The lowest BCUT2D eigenvalue weighted by Gasteiger charge is -2.22. The van der Waals surface area contributed by atoms with Gasteiger partial charge in [0, 0.05) is 33.0 Å². The average molecular weight is 357 g/mol. The Hall–Kier alpha value is -1.02. The molecule has 0 radical (unpaired) electrons. The van der Waals surface area contributed by atoms with Gasteiger partial charge in [0.25, 0.3) is 0 Å². The Kier molecular flexibility index (Phi) is 11.6. The summed E-state index contributed by atoms with van der Waals surface area (Å²) in [6.45, 7) is 12.9. The SMILES string of the molecule is CCCCCCn1nnc(C(OCC)OCC)c1C(OCC)OCC. The minimum Gasteiger partial charge on any atom is -0.347 e. The second kappa shape index (κ2) is 13.2. The van der Waals surface area contributed by atoms with Crippen LogP contribution in [0.4, 0.5) is 0 Å². The van der Waals surface area contributed by atoms with Crippen LogP contribution in [0.3, 0.4) is 0 Å². The Morgan fingerprint density at radius 2 is 1.32 bits per heavy atom. The molecule has 1 aromatic heterocycles. The van der Waals surface area contributed by atoms with Gasteiger partial charge in [0.2, 0.25) is 12.6 Å². The van der Waals surface area contributed by atoms with Gasteiger partial charge in [-0.2, -0.15) is 0 Å². The molecule has 0 N–H and O–H groups in total. The lowest BCUT2D eigenvalue weighted by Crippen LogP contribution is -2.19. The van der Waals surface area contributed by atoms with E-state index in [2.05, 4.69) is 17.2 Å². The summed E-state index contributed by atoms with van der Waals surface area (Å²) in [4.78, 5) is 0. The van der Waals surface area contributed by atoms with Gasteiger partial charge in [-0.1, -0.05) is 31.4 Å². The van der Waals surface area contributed by atoms with E-state index in [4.69, 9.17) is 18.9 Å². The summed E-state index contributed by atoms with van der Waals surface area (Å²) in [6.07, 6.45) is 3.55. The number of unbranched alkanes of at least 4 members (excludes halogenated alkanes) is 3. The molecule has 0 saturated heterocycles. The summed E-state index contributed by atoms with van der Waals surface area (Å²) in [6, 6.07) is 0. The standard InChI is InChI=1S/C18H35N3O4/c1-6-11-12-13-14-21-16(18(24-9-4)25-10-5)15(19-20-21)17(22-7-2)23-8-3/h17-18H,6-14H2,1-5H3. The molecule has 0 saturated carbocycles. The van der Waals surface area contributed by atoms with Crippen molar-refractivity contribution in [2.75, 3.05) is 26.4 Å². The summed E-state index contributed by atoms with van der Waals surface area (Å²) >= 11 is 0. The predicted octanol–water partition coefficient (Wildman–Crippen LogP) is 4.00. The molecule has 0 atom stereocenters. The maximum atomic E-state index is 5.81. The van der Waals surface area contributed by atoms with Crippen molar-refractivity contribution in [2.45, 2.75) is 79.4 Å². The number of aryl methyl sites for hydroxylation is 1. The van der Waals surface area contributed by atoms with Crippen LogP contribution in [0.25, 0.3) is 0 Å². The molecule has 146 valence electrons. The van der Waals surface area contributed by atoms with Crippen molar-refractivity contribution in [1.82, 2.24) is 15.0 Å². The van der Waals surface area contributed by atoms with Crippen LogP contribution in [0.15, 0.2) is 0 Å². The van der Waals surface area contributed by atoms with E-state index in [1.807, 2.05) is 32.4 Å². The van der Waals surface area contributed by atoms with E-state index in [-0.39, 0.29) is 0 Å². The largest absolute Gasteiger partial charge is 0.347 e. The first-order valence-electron chi connectivity index (χ1n) is 9.62. The summed E-state index contributed by atoms with van der Waals surface area (Å²) in [5.41, 5.74) is 1.44. The summed E-state index contributed by atoms with van der Waals surface area (Å²) in [5.74, 6) is 0. The number of hydrogen-bond donors (Lipinski definition) is 0. The fourth-order valence-electron chi connectivity index (χ4n) is 2.62. The number of ether oxygens (including phenoxy) is 4. The highest BCUT2D eigenvalue weighted by atomic mass is 16.7. The lowest BCUT2D eigenvalue weighted by molar-refractivity contribution is -0.160. The molecule has 25 heavy (non-hydrogen) atoms. The third-order valence-corrected chi connectivity index (χ3v) is 3.74. The third kappa shape index (κ3) is 7.01. The van der Waals surface area contributed by atoms with Gasteiger partial charge in [0.1, 0.15) is 11.4 Å². The third-order valence-electron chi connectivity index (χ3n) is 3.74. The van der Waals surface area contributed by atoms with Crippen LogP contribution in [0, 0.1) is 0 Å². The Morgan fingerprint density at radius 3 is 1.84 bits per heavy atom. The summed E-state index contributed by atoms with van der Waals surface area (Å²) in [7, 11) is 0. The van der Waals surface area contributed by atoms with E-state index in [0.29, 0.717) is 32.1 Å². The highest BCUT2D eigenvalue weighted by Gasteiger charge is 2.29. The molecule has 0 spiro atoms. The molecule has 1 heterocycles. The van der Waals surface area contributed by atoms with Crippen molar-refractivity contribution < 1.29 is 18.9 Å². The smallest absolute Gasteiger partial charge is 0.205 e. The van der Waals surface area contributed by atoms with Crippen molar-refractivity contribution in [3.63, 3.8) is 0 Å². The fourth-order valence-corrected chi connectivity index (χ4v) is 2.62. The van der Waals surface area contributed by atoms with Crippen molar-refractivity contribution in [1.29, 1.82) is 0 Å². The van der Waals surface area contributed by atoms with E-state index in [1.165, 1.54) is 19.3 Å². The van der Waals surface area contributed by atoms with Gasteiger partial charge in [-0.15, -0.1) is 5.10 Å². The zero-order valence-electron chi connectivity index (χ0n) is 16.5. The first-order valence-corrected chi connectivity index (χ1v) is 9.62. The molecule has 7 heteroatoms. The number of aromatic nitrogens is 3. The predicted molar refractivity (Wildman–Crippen MR) is 96.2 cm³/mol. The lowest BCUT2D eigenvalue weighted by atomic mass is 10.2. The first-order chi connectivity index (χ1) is 12.2. The van der Waals surface area contributed by atoms with Crippen LogP contribution in [0.1, 0.15) is 84.3 Å². The van der Waals surface area contributed by atoms with E-state index in [9.17, 15) is 0 Å². The zero-order chi connectivity index (χ0) is 18.5. The molecular weight excluding hydrogens is 322 g/mol. The van der Waals surface area contributed by atoms with E-state index in [0.717, 1.165) is 18.7 Å². The molecule has 0 amide bonds. The van der Waals surface area contributed by atoms with Gasteiger partial charge in [-0.25, -0.2) is 4.68 Å². The summed E-state index contributed by atoms with van der Waals surface area (Å²) < 4.78 is 24.9. The van der Waals surface area contributed by atoms with Gasteiger partial charge >= 0.3 is 0 Å². The molecule has 0 aliphatic carbocycles. The molecule has 0 aliphatic rings. The zero-order valence-corrected chi connectivity index (χ0v) is 16.5. The Morgan fingerprint density at radius 1 is 0.760 bits per heavy atom. The average Bonchev–Trinajstić information content (AvgIpc) is 3.02. The van der Waals surface area contributed by atoms with Gasteiger partial charge in [-0.05, 0) is 34.1 Å². The molecule has 0 bridgehead atoms. The fraction of sp³-hybridized carbons (Fsp3) is 0.889. The minimum absolute atomic E-state index is 0.519. The van der Waals surface area contributed by atoms with Gasteiger partial charge < -0.3 is 18.9 Å². The summed E-state index contributed by atoms with van der Waals surface area (Å²) in [5, 5.41) is 8.67. The van der Waals surface area contributed by atoms with Gasteiger partial charge in [0.15, 0.2) is 0 Å². The van der Waals surface area contributed by atoms with Crippen molar-refractivity contribution in [2.24, 2.45) is 0 Å². The van der Waals surface area contributed by atoms with Crippen LogP contribution >= 0.6 is 0 Å². The van der Waals surface area contributed by atoms with Crippen molar-refractivity contribution >= 4 is 0 Å². The molecule has 1 aromatic rings. The monoisotopic (exact) mass is 357 g/mol. The normalized spacial score (nSPS) is 11.8. The van der Waals surface area contributed by atoms with Crippen molar-refractivity contribution in [3.8, 4) is 0 Å². The van der Waals surface area contributed by atoms with Crippen LogP contribution in [-0.4, -0.2) is 41.4 Å². The minimum atomic E-state index is -0.558. The molecule has 0 aliphatic heterocycles. The number of hydrogen-bond acceptors (Lipinski definition) is 6.